The summed E-state index contributed by atoms with van der Waals surface area (Å²) < 4.78 is 7.27. The molecule has 0 spiro atoms. The fraction of sp³-hybridized carbons (Fsp3) is 0.190. The summed E-state index contributed by atoms with van der Waals surface area (Å²) in [7, 11) is 0. The van der Waals surface area contributed by atoms with Gasteiger partial charge in [-0.05, 0) is 24.3 Å². The average molecular weight is 504 g/mol. The lowest BCUT2D eigenvalue weighted by molar-refractivity contribution is -0.385. The van der Waals surface area contributed by atoms with Crippen LogP contribution < -0.4 is 10.3 Å². The van der Waals surface area contributed by atoms with Crippen molar-refractivity contribution in [1.29, 1.82) is 0 Å². The number of hydrogen-bond donors (Lipinski definition) is 0. The Hall–Kier alpha value is -3.22. The van der Waals surface area contributed by atoms with Crippen LogP contribution >= 0.6 is 27.5 Å². The van der Waals surface area contributed by atoms with Crippen molar-refractivity contribution in [3.8, 4) is 18.1 Å². The van der Waals surface area contributed by atoms with Gasteiger partial charge < -0.3 is 4.74 Å². The van der Waals surface area contributed by atoms with Gasteiger partial charge in [0.2, 0.25) is 5.75 Å². The minimum Gasteiger partial charge on any atom is -0.473 e. The first kappa shape index (κ1) is 22.5. The van der Waals surface area contributed by atoms with Crippen LogP contribution in [0.1, 0.15) is 31.2 Å². The molecule has 0 saturated carbocycles. The molecule has 0 saturated heterocycles. The van der Waals surface area contributed by atoms with Gasteiger partial charge in [-0.15, -0.1) is 6.42 Å². The Kier molecular flexibility index (Phi) is 6.73. The molecule has 0 radical (unpaired) electrons. The monoisotopic (exact) mass is 502 g/mol. The Balaban J connectivity index is 2.23. The van der Waals surface area contributed by atoms with E-state index in [-0.39, 0.29) is 40.1 Å². The number of rotatable bonds is 6. The number of nitro groups is 1. The molecule has 0 atom stereocenters. The van der Waals surface area contributed by atoms with Crippen LogP contribution in [0.15, 0.2) is 44.7 Å². The minimum absolute atomic E-state index is 0.0910. The Morgan fingerprint density at radius 1 is 1.42 bits per heavy atom. The highest BCUT2D eigenvalue weighted by molar-refractivity contribution is 9.10. The maximum absolute atomic E-state index is 13.1. The van der Waals surface area contributed by atoms with Gasteiger partial charge in [-0.25, -0.2) is 4.98 Å². The summed E-state index contributed by atoms with van der Waals surface area (Å²) in [5, 5.41) is 16.2. The van der Waals surface area contributed by atoms with E-state index in [1.54, 1.807) is 18.2 Å². The third-order valence-corrected chi connectivity index (χ3v) is 4.93. The fourth-order valence-corrected chi connectivity index (χ4v) is 3.46. The molecule has 0 fully saturated rings. The van der Waals surface area contributed by atoms with Gasteiger partial charge in [0.1, 0.15) is 12.4 Å². The number of nitrogens with zero attached hydrogens (tertiary/aromatic N) is 4. The second-order valence-corrected chi connectivity index (χ2v) is 8.09. The third kappa shape index (κ3) is 4.76. The predicted molar refractivity (Wildman–Crippen MR) is 123 cm³/mol. The standard InChI is InChI=1S/C21H16BrClN4O4/c1-4-7-31-19-13(8-15(23)10-18(19)27(29)30)11-24-26-20(12(2)3)25-17-6-5-14(22)9-16(17)21(26)28/h1,5-6,8-12H,7H2,2-3H3. The second-order valence-electron chi connectivity index (χ2n) is 6.74. The first-order valence-electron chi connectivity index (χ1n) is 9.03. The summed E-state index contributed by atoms with van der Waals surface area (Å²) in [6.45, 7) is 3.57. The van der Waals surface area contributed by atoms with Crippen molar-refractivity contribution in [3.63, 3.8) is 0 Å². The summed E-state index contributed by atoms with van der Waals surface area (Å²) in [5.74, 6) is 2.48. The van der Waals surface area contributed by atoms with Crippen LogP contribution in [0.4, 0.5) is 5.69 Å². The number of benzene rings is 2. The molecule has 0 aliphatic carbocycles. The van der Waals surface area contributed by atoms with E-state index >= 15 is 0 Å². The van der Waals surface area contributed by atoms with Crippen LogP contribution in [0.25, 0.3) is 10.9 Å². The molecule has 0 amide bonds. The van der Waals surface area contributed by atoms with Crippen LogP contribution in [-0.2, 0) is 0 Å². The summed E-state index contributed by atoms with van der Waals surface area (Å²) in [6.07, 6.45) is 6.49. The van der Waals surface area contributed by atoms with E-state index in [0.717, 1.165) is 15.2 Å². The first-order valence-corrected chi connectivity index (χ1v) is 10.2. The largest absolute Gasteiger partial charge is 0.473 e. The summed E-state index contributed by atoms with van der Waals surface area (Å²) in [6, 6.07) is 7.80. The summed E-state index contributed by atoms with van der Waals surface area (Å²) >= 11 is 9.39. The number of ether oxygens (including phenoxy) is 1. The molecule has 31 heavy (non-hydrogen) atoms. The lowest BCUT2D eigenvalue weighted by Gasteiger charge is -2.12. The van der Waals surface area contributed by atoms with Gasteiger partial charge in [0.05, 0.1) is 22.0 Å². The van der Waals surface area contributed by atoms with Crippen molar-refractivity contribution < 1.29 is 9.66 Å². The number of nitro benzene ring substituents is 1. The molecule has 0 N–H and O–H groups in total. The number of halogens is 2. The van der Waals surface area contributed by atoms with E-state index in [1.807, 2.05) is 13.8 Å². The van der Waals surface area contributed by atoms with Crippen molar-refractivity contribution in [1.82, 2.24) is 9.66 Å². The van der Waals surface area contributed by atoms with Crippen molar-refractivity contribution in [3.05, 3.63) is 71.7 Å². The molecule has 3 rings (SSSR count). The van der Waals surface area contributed by atoms with E-state index in [9.17, 15) is 14.9 Å². The Labute approximate surface area is 190 Å². The van der Waals surface area contributed by atoms with Crippen LogP contribution in [0.5, 0.6) is 5.75 Å². The molecular formula is C21H16BrClN4O4. The van der Waals surface area contributed by atoms with Gasteiger partial charge in [-0.2, -0.15) is 9.78 Å². The van der Waals surface area contributed by atoms with Gasteiger partial charge in [0.25, 0.3) is 5.56 Å². The van der Waals surface area contributed by atoms with Crippen LogP contribution in [-0.4, -0.2) is 27.4 Å². The van der Waals surface area contributed by atoms with Crippen molar-refractivity contribution in [2.45, 2.75) is 19.8 Å². The molecule has 1 heterocycles. The van der Waals surface area contributed by atoms with Gasteiger partial charge in [-0.3, -0.25) is 14.9 Å². The zero-order valence-electron chi connectivity index (χ0n) is 16.5. The van der Waals surface area contributed by atoms with Gasteiger partial charge in [0.15, 0.2) is 0 Å². The summed E-state index contributed by atoms with van der Waals surface area (Å²) in [5.41, 5.74) is 0.000231. The fourth-order valence-electron chi connectivity index (χ4n) is 2.87. The number of aromatic nitrogens is 2. The number of fused-ring (bicyclic) bond motifs is 1. The van der Waals surface area contributed by atoms with Crippen LogP contribution in [0, 0.1) is 22.5 Å². The second kappa shape index (κ2) is 9.29. The minimum atomic E-state index is -0.629. The molecule has 10 heteroatoms. The van der Waals surface area contributed by atoms with Gasteiger partial charge in [0, 0.05) is 27.0 Å². The molecule has 1 aromatic heterocycles. The number of terminal acetylenes is 1. The predicted octanol–water partition coefficient (Wildman–Crippen LogP) is 4.74. The number of hydrogen-bond acceptors (Lipinski definition) is 6. The third-order valence-electron chi connectivity index (χ3n) is 4.22. The van der Waals surface area contributed by atoms with Crippen molar-refractivity contribution >= 4 is 50.3 Å². The maximum Gasteiger partial charge on any atom is 0.313 e. The van der Waals surface area contributed by atoms with Gasteiger partial charge >= 0.3 is 5.69 Å². The molecule has 0 bridgehead atoms. The zero-order valence-corrected chi connectivity index (χ0v) is 18.8. The molecule has 0 unspecified atom stereocenters. The first-order chi connectivity index (χ1) is 14.7. The lowest BCUT2D eigenvalue weighted by atomic mass is 10.1. The van der Waals surface area contributed by atoms with Crippen LogP contribution in [0.2, 0.25) is 5.02 Å². The van der Waals surface area contributed by atoms with E-state index in [2.05, 4.69) is 31.9 Å². The Morgan fingerprint density at radius 2 is 2.16 bits per heavy atom. The molecule has 2 aromatic carbocycles. The highest BCUT2D eigenvalue weighted by Gasteiger charge is 2.21. The van der Waals surface area contributed by atoms with Crippen molar-refractivity contribution in [2.75, 3.05) is 6.61 Å². The van der Waals surface area contributed by atoms with E-state index < -0.39 is 4.92 Å². The quantitative estimate of drug-likeness (QED) is 0.209. The molecule has 3 aromatic rings. The highest BCUT2D eigenvalue weighted by Crippen LogP contribution is 2.33. The highest BCUT2D eigenvalue weighted by atomic mass is 79.9. The molecule has 0 aliphatic rings. The molecule has 0 aliphatic heterocycles. The normalized spacial score (nSPS) is 11.2. The van der Waals surface area contributed by atoms with E-state index in [4.69, 9.17) is 22.8 Å². The lowest BCUT2D eigenvalue weighted by Crippen LogP contribution is -2.23. The Bertz CT molecular complexity index is 1310. The topological polar surface area (TPSA) is 99.6 Å². The maximum atomic E-state index is 13.1. The molecule has 8 nitrogen and oxygen atoms in total. The average Bonchev–Trinajstić information content (AvgIpc) is 2.71. The zero-order chi connectivity index (χ0) is 22.7. The van der Waals surface area contributed by atoms with E-state index in [0.29, 0.717) is 16.7 Å². The molecule has 158 valence electrons. The smallest absolute Gasteiger partial charge is 0.313 e. The van der Waals surface area contributed by atoms with E-state index in [1.165, 1.54) is 12.3 Å². The SMILES string of the molecule is C#CCOc1c(C=Nn2c(C(C)C)nc3ccc(Br)cc3c2=O)cc(Cl)cc1[N+](=O)[O-]. The van der Waals surface area contributed by atoms with Crippen molar-refractivity contribution in [2.24, 2.45) is 5.10 Å². The molecular weight excluding hydrogens is 488 g/mol. The summed E-state index contributed by atoms with van der Waals surface area (Å²) in [4.78, 5) is 28.5. The Morgan fingerprint density at radius 3 is 2.81 bits per heavy atom. The van der Waals surface area contributed by atoms with Gasteiger partial charge in [-0.1, -0.05) is 47.3 Å². The van der Waals surface area contributed by atoms with Crippen LogP contribution in [0.3, 0.4) is 0 Å².